The SMILES string of the molecule is CCNCC=O.CN. The van der Waals surface area contributed by atoms with Crippen molar-refractivity contribution in [3.63, 3.8) is 0 Å². The summed E-state index contributed by atoms with van der Waals surface area (Å²) in [7, 11) is 1.50. The number of hydrogen-bond acceptors (Lipinski definition) is 3. The molecule has 0 saturated heterocycles. The molecule has 3 N–H and O–H groups in total. The van der Waals surface area contributed by atoms with Crippen LogP contribution in [0.4, 0.5) is 0 Å². The Bertz CT molecular complexity index is 39.4. The highest BCUT2D eigenvalue weighted by molar-refractivity contribution is 5.51. The maximum atomic E-state index is 9.50. The van der Waals surface area contributed by atoms with Crippen molar-refractivity contribution in [2.24, 2.45) is 5.73 Å². The second-order valence-electron chi connectivity index (χ2n) is 0.974. The predicted octanol–water partition coefficient (Wildman–Crippen LogP) is -0.630. The number of likely N-dealkylation sites (N-methyl/N-ethyl adjacent to an activating group) is 1. The van der Waals surface area contributed by atoms with Crippen molar-refractivity contribution < 1.29 is 4.79 Å². The molecular weight excluding hydrogens is 104 g/mol. The smallest absolute Gasteiger partial charge is 0.133 e. The molecule has 0 aromatic rings. The van der Waals surface area contributed by atoms with Crippen LogP contribution in [0.15, 0.2) is 0 Å². The van der Waals surface area contributed by atoms with E-state index in [-0.39, 0.29) is 0 Å². The Morgan fingerprint density at radius 2 is 2.12 bits per heavy atom. The van der Waals surface area contributed by atoms with E-state index in [0.29, 0.717) is 6.54 Å². The highest BCUT2D eigenvalue weighted by Gasteiger charge is 1.70. The van der Waals surface area contributed by atoms with Crippen molar-refractivity contribution in [1.82, 2.24) is 5.32 Å². The van der Waals surface area contributed by atoms with E-state index < -0.39 is 0 Å². The van der Waals surface area contributed by atoms with Crippen molar-refractivity contribution in [3.8, 4) is 0 Å². The van der Waals surface area contributed by atoms with E-state index in [9.17, 15) is 4.79 Å². The molecule has 8 heavy (non-hydrogen) atoms. The zero-order valence-corrected chi connectivity index (χ0v) is 5.48. The lowest BCUT2D eigenvalue weighted by molar-refractivity contribution is -0.107. The minimum Gasteiger partial charge on any atom is -0.333 e. The molecule has 0 aromatic heterocycles. The Morgan fingerprint density at radius 1 is 1.62 bits per heavy atom. The molecule has 0 atom stereocenters. The molecule has 3 nitrogen and oxygen atoms in total. The van der Waals surface area contributed by atoms with Crippen molar-refractivity contribution in [2.45, 2.75) is 6.92 Å². The fourth-order valence-electron chi connectivity index (χ4n) is 0.203. The summed E-state index contributed by atoms with van der Waals surface area (Å²) in [6, 6.07) is 0. The predicted molar refractivity (Wildman–Crippen MR) is 34.7 cm³/mol. The van der Waals surface area contributed by atoms with Crippen LogP contribution in [0.3, 0.4) is 0 Å². The minimum absolute atomic E-state index is 0.483. The third-order valence-corrected chi connectivity index (χ3v) is 0.478. The summed E-state index contributed by atoms with van der Waals surface area (Å²) < 4.78 is 0. The molecule has 50 valence electrons. The Hall–Kier alpha value is -0.410. The number of rotatable bonds is 3. The Morgan fingerprint density at radius 3 is 2.25 bits per heavy atom. The molecule has 0 heterocycles. The van der Waals surface area contributed by atoms with Crippen molar-refractivity contribution in [2.75, 3.05) is 20.1 Å². The molecule has 0 radical (unpaired) electrons. The average Bonchev–Trinajstić information content (AvgIpc) is 1.88. The first-order chi connectivity index (χ1) is 3.91. The number of carbonyl (C=O) groups is 1. The number of carbonyl (C=O) groups excluding carboxylic acids is 1. The highest BCUT2D eigenvalue weighted by Crippen LogP contribution is 1.46. The van der Waals surface area contributed by atoms with Crippen LogP contribution in [-0.2, 0) is 4.79 Å². The van der Waals surface area contributed by atoms with Crippen LogP contribution in [0.25, 0.3) is 0 Å². The number of nitrogens with one attached hydrogen (secondary N) is 1. The van der Waals surface area contributed by atoms with E-state index >= 15 is 0 Å². The van der Waals surface area contributed by atoms with E-state index in [4.69, 9.17) is 0 Å². The van der Waals surface area contributed by atoms with Gasteiger partial charge in [0.2, 0.25) is 0 Å². The van der Waals surface area contributed by atoms with Gasteiger partial charge in [-0.1, -0.05) is 6.92 Å². The molecular formula is C5H14N2O. The van der Waals surface area contributed by atoms with E-state index in [0.717, 1.165) is 12.8 Å². The Labute approximate surface area is 50.3 Å². The van der Waals surface area contributed by atoms with Gasteiger partial charge in [0.15, 0.2) is 0 Å². The van der Waals surface area contributed by atoms with Crippen molar-refractivity contribution in [3.05, 3.63) is 0 Å². The second-order valence-corrected chi connectivity index (χ2v) is 0.974. The first kappa shape index (κ1) is 10.5. The molecule has 0 aliphatic heterocycles. The summed E-state index contributed by atoms with van der Waals surface area (Å²) in [5.74, 6) is 0. The fourth-order valence-corrected chi connectivity index (χ4v) is 0.203. The van der Waals surface area contributed by atoms with Gasteiger partial charge in [0.25, 0.3) is 0 Å². The zero-order valence-electron chi connectivity index (χ0n) is 5.48. The third-order valence-electron chi connectivity index (χ3n) is 0.478. The van der Waals surface area contributed by atoms with Crippen molar-refractivity contribution >= 4 is 6.29 Å². The molecule has 0 saturated carbocycles. The van der Waals surface area contributed by atoms with E-state index in [1.54, 1.807) is 0 Å². The molecule has 0 aliphatic rings. The maximum absolute atomic E-state index is 9.50. The Balaban J connectivity index is 0. The molecule has 0 bridgehead atoms. The summed E-state index contributed by atoms with van der Waals surface area (Å²) in [4.78, 5) is 9.50. The van der Waals surface area contributed by atoms with Crippen LogP contribution < -0.4 is 11.1 Å². The lowest BCUT2D eigenvalue weighted by Crippen LogP contribution is -2.14. The standard InChI is InChI=1S/C4H9NO.CH5N/c1-2-5-3-4-6;1-2/h4-5H,2-3H2,1H3;2H2,1H3. The van der Waals surface area contributed by atoms with Gasteiger partial charge in [-0.2, -0.15) is 0 Å². The maximum Gasteiger partial charge on any atom is 0.133 e. The van der Waals surface area contributed by atoms with Gasteiger partial charge < -0.3 is 15.8 Å². The topological polar surface area (TPSA) is 55.1 Å². The third kappa shape index (κ3) is 17.6. The molecule has 0 amide bonds. The summed E-state index contributed by atoms with van der Waals surface area (Å²) in [5, 5.41) is 2.83. The fraction of sp³-hybridized carbons (Fsp3) is 0.800. The summed E-state index contributed by atoms with van der Waals surface area (Å²) in [6.07, 6.45) is 0.851. The summed E-state index contributed by atoms with van der Waals surface area (Å²) in [6.45, 7) is 3.32. The number of aldehydes is 1. The van der Waals surface area contributed by atoms with Crippen LogP contribution in [0, 0.1) is 0 Å². The molecule has 0 unspecified atom stereocenters. The molecule has 0 spiro atoms. The first-order valence-electron chi connectivity index (χ1n) is 2.64. The van der Waals surface area contributed by atoms with Crippen LogP contribution in [0.1, 0.15) is 6.92 Å². The van der Waals surface area contributed by atoms with Gasteiger partial charge in [-0.05, 0) is 13.6 Å². The summed E-state index contributed by atoms with van der Waals surface area (Å²) in [5.41, 5.74) is 4.50. The first-order valence-corrected chi connectivity index (χ1v) is 2.64. The number of hydrogen-bond donors (Lipinski definition) is 2. The Kier molecular flexibility index (Phi) is 21.1. The summed E-state index contributed by atoms with van der Waals surface area (Å²) >= 11 is 0. The highest BCUT2D eigenvalue weighted by atomic mass is 16.1. The van der Waals surface area contributed by atoms with Crippen LogP contribution in [-0.4, -0.2) is 26.4 Å². The van der Waals surface area contributed by atoms with Crippen LogP contribution >= 0.6 is 0 Å². The van der Waals surface area contributed by atoms with Gasteiger partial charge in [-0.15, -0.1) is 0 Å². The quantitative estimate of drug-likeness (QED) is 0.383. The molecule has 3 heteroatoms. The zero-order chi connectivity index (χ0) is 6.83. The van der Waals surface area contributed by atoms with Gasteiger partial charge >= 0.3 is 0 Å². The lowest BCUT2D eigenvalue weighted by Gasteiger charge is -1.85. The van der Waals surface area contributed by atoms with Gasteiger partial charge in [0, 0.05) is 0 Å². The normalized spacial score (nSPS) is 6.88. The molecule has 0 fully saturated rings. The van der Waals surface area contributed by atoms with Crippen LogP contribution in [0.5, 0.6) is 0 Å². The van der Waals surface area contributed by atoms with Gasteiger partial charge in [-0.3, -0.25) is 0 Å². The van der Waals surface area contributed by atoms with E-state index in [1.165, 1.54) is 7.05 Å². The van der Waals surface area contributed by atoms with Gasteiger partial charge in [-0.25, -0.2) is 0 Å². The van der Waals surface area contributed by atoms with E-state index in [2.05, 4.69) is 11.1 Å². The second kappa shape index (κ2) is 16.0. The van der Waals surface area contributed by atoms with Crippen molar-refractivity contribution in [1.29, 1.82) is 0 Å². The minimum atomic E-state index is 0.483. The number of nitrogens with two attached hydrogens (primary N) is 1. The monoisotopic (exact) mass is 118 g/mol. The van der Waals surface area contributed by atoms with Gasteiger partial charge in [0.05, 0.1) is 6.54 Å². The molecule has 0 aromatic carbocycles. The molecule has 0 aliphatic carbocycles. The van der Waals surface area contributed by atoms with Crippen LogP contribution in [0.2, 0.25) is 0 Å². The lowest BCUT2D eigenvalue weighted by atomic mass is 10.7. The largest absolute Gasteiger partial charge is 0.333 e. The van der Waals surface area contributed by atoms with Gasteiger partial charge in [0.1, 0.15) is 6.29 Å². The molecule has 0 rings (SSSR count). The van der Waals surface area contributed by atoms with E-state index in [1.807, 2.05) is 6.92 Å². The average molecular weight is 118 g/mol.